The highest BCUT2D eigenvalue weighted by Crippen LogP contribution is 2.28. The van der Waals surface area contributed by atoms with Crippen molar-refractivity contribution < 1.29 is 14.4 Å². The number of amides is 3. The van der Waals surface area contributed by atoms with Gasteiger partial charge in [0.05, 0.1) is 0 Å². The topological polar surface area (TPSA) is 90.5 Å². The molecule has 2 unspecified atom stereocenters. The molecule has 3 aliphatic rings. The van der Waals surface area contributed by atoms with Gasteiger partial charge in [0, 0.05) is 31.1 Å². The number of hydrogen-bond donors (Lipinski definition) is 3. The molecular weight excluding hydrogens is 404 g/mol. The lowest BCUT2D eigenvalue weighted by atomic mass is 9.92. The van der Waals surface area contributed by atoms with Gasteiger partial charge in [-0.05, 0) is 60.7 Å². The highest BCUT2D eigenvalue weighted by molar-refractivity contribution is 6.05. The second-order valence-electron chi connectivity index (χ2n) is 8.81. The van der Waals surface area contributed by atoms with Crippen LogP contribution in [0.3, 0.4) is 0 Å². The number of rotatable bonds is 6. The Kier molecular flexibility index (Phi) is 5.76. The summed E-state index contributed by atoms with van der Waals surface area (Å²) in [5, 5.41) is 9.46. The molecule has 0 aromatic heterocycles. The number of fused-ring (bicyclic) bond motifs is 2. The molecule has 3 N–H and O–H groups in total. The Morgan fingerprint density at radius 3 is 2.78 bits per heavy atom. The Morgan fingerprint density at radius 2 is 1.91 bits per heavy atom. The zero-order chi connectivity index (χ0) is 22.1. The second kappa shape index (κ2) is 8.84. The third kappa shape index (κ3) is 4.06. The molecule has 166 valence electrons. The Bertz CT molecular complexity index is 1070. The summed E-state index contributed by atoms with van der Waals surface area (Å²) >= 11 is 0. The molecule has 1 saturated heterocycles. The average molecular weight is 433 g/mol. The first kappa shape index (κ1) is 20.8. The number of hydrogen-bond acceptors (Lipinski definition) is 5. The van der Waals surface area contributed by atoms with Crippen molar-refractivity contribution in [1.29, 1.82) is 0 Å². The quantitative estimate of drug-likeness (QED) is 0.479. The van der Waals surface area contributed by atoms with Gasteiger partial charge in [-0.15, -0.1) is 0 Å². The monoisotopic (exact) mass is 432 g/mol. The fraction of sp³-hybridized carbons (Fsp3) is 0.400. The summed E-state index contributed by atoms with van der Waals surface area (Å²) in [4.78, 5) is 38.2. The van der Waals surface area contributed by atoms with E-state index < -0.39 is 6.04 Å². The summed E-state index contributed by atoms with van der Waals surface area (Å²) < 4.78 is 0. The van der Waals surface area contributed by atoms with Gasteiger partial charge in [-0.2, -0.15) is 0 Å². The number of carbonyl (C=O) groups excluding carboxylic acids is 3. The molecule has 3 aliphatic heterocycles. The van der Waals surface area contributed by atoms with Gasteiger partial charge in [0.2, 0.25) is 11.8 Å². The third-order valence-electron chi connectivity index (χ3n) is 6.75. The van der Waals surface area contributed by atoms with Crippen molar-refractivity contribution in [2.75, 3.05) is 13.1 Å². The lowest BCUT2D eigenvalue weighted by Crippen LogP contribution is -2.52. The SMILES string of the molecule is O=C1CCC(N2Cc3ccc(CNCCC4NCCc5ccccc54)cc3C2=O)C(=O)N1. The Morgan fingerprint density at radius 1 is 1.03 bits per heavy atom. The van der Waals surface area contributed by atoms with Crippen molar-refractivity contribution in [3.05, 3.63) is 70.3 Å². The van der Waals surface area contributed by atoms with Gasteiger partial charge < -0.3 is 15.5 Å². The summed E-state index contributed by atoms with van der Waals surface area (Å²) in [6.45, 7) is 2.99. The maximum atomic E-state index is 13.0. The first-order valence-corrected chi connectivity index (χ1v) is 11.4. The Labute approximate surface area is 187 Å². The molecule has 32 heavy (non-hydrogen) atoms. The molecule has 2 aromatic rings. The number of benzene rings is 2. The van der Waals surface area contributed by atoms with Gasteiger partial charge in [-0.3, -0.25) is 19.7 Å². The van der Waals surface area contributed by atoms with Crippen LogP contribution in [-0.4, -0.2) is 41.8 Å². The molecule has 2 aromatic carbocycles. The number of carbonyl (C=O) groups is 3. The van der Waals surface area contributed by atoms with Crippen LogP contribution in [-0.2, 0) is 29.1 Å². The molecule has 7 heteroatoms. The van der Waals surface area contributed by atoms with Crippen LogP contribution in [0.5, 0.6) is 0 Å². The van der Waals surface area contributed by atoms with Crippen LogP contribution in [0.1, 0.15) is 57.9 Å². The molecule has 0 bridgehead atoms. The lowest BCUT2D eigenvalue weighted by Gasteiger charge is -2.29. The lowest BCUT2D eigenvalue weighted by molar-refractivity contribution is -0.136. The van der Waals surface area contributed by atoms with Gasteiger partial charge in [0.1, 0.15) is 6.04 Å². The molecule has 0 saturated carbocycles. The highest BCUT2D eigenvalue weighted by atomic mass is 16.2. The molecule has 0 radical (unpaired) electrons. The molecular formula is C25H28N4O3. The predicted molar refractivity (Wildman–Crippen MR) is 120 cm³/mol. The zero-order valence-corrected chi connectivity index (χ0v) is 18.0. The number of nitrogens with one attached hydrogen (secondary N) is 3. The van der Waals surface area contributed by atoms with E-state index in [1.165, 1.54) is 11.1 Å². The number of nitrogens with zero attached hydrogens (tertiary/aromatic N) is 1. The van der Waals surface area contributed by atoms with Crippen molar-refractivity contribution in [1.82, 2.24) is 20.9 Å². The van der Waals surface area contributed by atoms with Crippen molar-refractivity contribution in [3.8, 4) is 0 Å². The minimum absolute atomic E-state index is 0.126. The van der Waals surface area contributed by atoms with Gasteiger partial charge in [-0.1, -0.05) is 36.4 Å². The van der Waals surface area contributed by atoms with Crippen LogP contribution in [0.4, 0.5) is 0 Å². The van der Waals surface area contributed by atoms with Crippen LogP contribution >= 0.6 is 0 Å². The van der Waals surface area contributed by atoms with E-state index in [4.69, 9.17) is 0 Å². The Hall–Kier alpha value is -3.03. The fourth-order valence-electron chi connectivity index (χ4n) is 5.04. The maximum Gasteiger partial charge on any atom is 0.255 e. The van der Waals surface area contributed by atoms with Crippen molar-refractivity contribution in [2.24, 2.45) is 0 Å². The highest BCUT2D eigenvalue weighted by Gasteiger charge is 2.39. The molecule has 0 spiro atoms. The van der Waals surface area contributed by atoms with Crippen LogP contribution in [0.25, 0.3) is 0 Å². The van der Waals surface area contributed by atoms with E-state index in [0.717, 1.165) is 37.1 Å². The van der Waals surface area contributed by atoms with E-state index in [1.807, 2.05) is 18.2 Å². The van der Waals surface area contributed by atoms with Gasteiger partial charge in [0.15, 0.2) is 0 Å². The normalized spacial score (nSPS) is 22.5. The van der Waals surface area contributed by atoms with Gasteiger partial charge in [0.25, 0.3) is 5.91 Å². The maximum absolute atomic E-state index is 13.0. The minimum atomic E-state index is -0.569. The van der Waals surface area contributed by atoms with E-state index in [1.54, 1.807) is 4.90 Å². The fourth-order valence-corrected chi connectivity index (χ4v) is 5.04. The smallest absolute Gasteiger partial charge is 0.255 e. The summed E-state index contributed by atoms with van der Waals surface area (Å²) in [5.41, 5.74) is 5.49. The number of imide groups is 1. The van der Waals surface area contributed by atoms with Crippen LogP contribution in [0, 0.1) is 0 Å². The van der Waals surface area contributed by atoms with E-state index in [9.17, 15) is 14.4 Å². The molecule has 5 rings (SSSR count). The summed E-state index contributed by atoms with van der Waals surface area (Å²) in [6, 6.07) is 14.4. The van der Waals surface area contributed by atoms with Crippen molar-refractivity contribution in [2.45, 2.75) is 50.9 Å². The van der Waals surface area contributed by atoms with E-state index in [2.05, 4.69) is 40.2 Å². The zero-order valence-electron chi connectivity index (χ0n) is 18.0. The first-order valence-electron chi connectivity index (χ1n) is 11.4. The Balaban J connectivity index is 1.17. The van der Waals surface area contributed by atoms with Gasteiger partial charge >= 0.3 is 0 Å². The predicted octanol–water partition coefficient (Wildman–Crippen LogP) is 1.81. The second-order valence-corrected chi connectivity index (χ2v) is 8.81. The number of piperidine rings is 1. The van der Waals surface area contributed by atoms with Gasteiger partial charge in [-0.25, -0.2) is 0 Å². The standard InChI is InChI=1S/C25H28N4O3/c30-23-8-7-22(24(31)28-23)29-15-18-6-5-16(13-20(18)25(29)32)14-26-11-10-21-19-4-2-1-3-17(19)9-12-27-21/h1-6,13,21-22,26-27H,7-12,14-15H2,(H,28,30,31). The first-order chi connectivity index (χ1) is 15.6. The molecule has 3 heterocycles. The van der Waals surface area contributed by atoms with Crippen LogP contribution < -0.4 is 16.0 Å². The summed E-state index contributed by atoms with van der Waals surface area (Å²) in [6.07, 6.45) is 2.74. The molecule has 3 amide bonds. The van der Waals surface area contributed by atoms with Crippen LogP contribution in [0.2, 0.25) is 0 Å². The summed E-state index contributed by atoms with van der Waals surface area (Å²) in [7, 11) is 0. The van der Waals surface area contributed by atoms with Crippen molar-refractivity contribution in [3.63, 3.8) is 0 Å². The average Bonchev–Trinajstić information content (AvgIpc) is 3.12. The molecule has 1 fully saturated rings. The molecule has 7 nitrogen and oxygen atoms in total. The third-order valence-corrected chi connectivity index (χ3v) is 6.75. The molecule has 2 atom stereocenters. The minimum Gasteiger partial charge on any atom is -0.322 e. The van der Waals surface area contributed by atoms with E-state index in [-0.39, 0.29) is 24.1 Å². The van der Waals surface area contributed by atoms with Crippen molar-refractivity contribution >= 4 is 17.7 Å². The van der Waals surface area contributed by atoms with E-state index in [0.29, 0.717) is 31.1 Å². The van der Waals surface area contributed by atoms with Crippen LogP contribution in [0.15, 0.2) is 42.5 Å². The molecule has 0 aliphatic carbocycles. The largest absolute Gasteiger partial charge is 0.322 e. The summed E-state index contributed by atoms with van der Waals surface area (Å²) in [5.74, 6) is -0.766. The van der Waals surface area contributed by atoms with E-state index >= 15 is 0 Å².